The maximum Gasteiger partial charge on any atom is 0.0426 e. The molecule has 1 aliphatic carbocycles. The van der Waals surface area contributed by atoms with E-state index in [4.69, 9.17) is 11.6 Å². The molecular formula is C17H25ClN2. The zero-order valence-corrected chi connectivity index (χ0v) is 13.1. The lowest BCUT2D eigenvalue weighted by Crippen LogP contribution is -2.58. The van der Waals surface area contributed by atoms with Gasteiger partial charge in [-0.25, -0.2) is 0 Å². The molecule has 1 saturated heterocycles. The van der Waals surface area contributed by atoms with Crippen molar-refractivity contribution in [1.82, 2.24) is 5.32 Å². The lowest BCUT2D eigenvalue weighted by Gasteiger charge is -2.44. The van der Waals surface area contributed by atoms with Crippen LogP contribution in [0.1, 0.15) is 39.0 Å². The standard InChI is InChI=1S/C17H25ClN2/c1-13-11-19-17(14-6-3-2-4-7-14)12-20(13)16-9-5-8-15(18)10-16/h5,8-10,13-14,17,19H,2-4,6-7,11-12H2,1H3. The molecule has 1 saturated carbocycles. The van der Waals surface area contributed by atoms with Crippen LogP contribution in [0.5, 0.6) is 0 Å². The summed E-state index contributed by atoms with van der Waals surface area (Å²) in [4.78, 5) is 2.53. The van der Waals surface area contributed by atoms with Gasteiger partial charge in [0.15, 0.2) is 0 Å². The van der Waals surface area contributed by atoms with Gasteiger partial charge in [0.25, 0.3) is 0 Å². The summed E-state index contributed by atoms with van der Waals surface area (Å²) < 4.78 is 0. The summed E-state index contributed by atoms with van der Waals surface area (Å²) in [6, 6.07) is 9.48. The fourth-order valence-corrected chi connectivity index (χ4v) is 3.94. The van der Waals surface area contributed by atoms with E-state index in [0.29, 0.717) is 12.1 Å². The van der Waals surface area contributed by atoms with Crippen LogP contribution >= 0.6 is 11.6 Å². The third-order valence-corrected chi connectivity index (χ3v) is 5.19. The second-order valence-corrected chi connectivity index (χ2v) is 6.83. The molecule has 2 aliphatic rings. The molecule has 110 valence electrons. The van der Waals surface area contributed by atoms with E-state index in [0.717, 1.165) is 24.0 Å². The van der Waals surface area contributed by atoms with E-state index >= 15 is 0 Å². The average molecular weight is 293 g/mol. The van der Waals surface area contributed by atoms with Gasteiger partial charge in [-0.2, -0.15) is 0 Å². The largest absolute Gasteiger partial charge is 0.366 e. The van der Waals surface area contributed by atoms with Gasteiger partial charge in [0.05, 0.1) is 0 Å². The summed E-state index contributed by atoms with van der Waals surface area (Å²) in [5.41, 5.74) is 1.27. The Bertz CT molecular complexity index is 442. The summed E-state index contributed by atoms with van der Waals surface area (Å²) in [6.07, 6.45) is 7.05. The van der Waals surface area contributed by atoms with E-state index in [-0.39, 0.29) is 0 Å². The molecule has 0 aromatic heterocycles. The number of benzene rings is 1. The van der Waals surface area contributed by atoms with E-state index in [1.807, 2.05) is 6.07 Å². The highest BCUT2D eigenvalue weighted by Gasteiger charge is 2.31. The van der Waals surface area contributed by atoms with Crippen LogP contribution in [0.2, 0.25) is 5.02 Å². The van der Waals surface area contributed by atoms with Crippen molar-refractivity contribution in [2.75, 3.05) is 18.0 Å². The number of hydrogen-bond donors (Lipinski definition) is 1. The molecule has 0 spiro atoms. The Hall–Kier alpha value is -0.730. The van der Waals surface area contributed by atoms with Gasteiger partial charge in [0.2, 0.25) is 0 Å². The third kappa shape index (κ3) is 3.12. The number of piperazine rings is 1. The quantitative estimate of drug-likeness (QED) is 0.883. The number of anilines is 1. The Morgan fingerprint density at radius 1 is 1.20 bits per heavy atom. The smallest absolute Gasteiger partial charge is 0.0426 e. The maximum absolute atomic E-state index is 6.15. The van der Waals surface area contributed by atoms with Crippen LogP contribution in [0.25, 0.3) is 0 Å². The maximum atomic E-state index is 6.15. The SMILES string of the molecule is CC1CNC(C2CCCCC2)CN1c1cccc(Cl)c1. The first-order valence-corrected chi connectivity index (χ1v) is 8.37. The van der Waals surface area contributed by atoms with Crippen molar-refractivity contribution >= 4 is 17.3 Å². The van der Waals surface area contributed by atoms with Gasteiger partial charge < -0.3 is 10.2 Å². The Kier molecular flexibility index (Phi) is 4.52. The number of hydrogen-bond acceptors (Lipinski definition) is 2. The van der Waals surface area contributed by atoms with Crippen molar-refractivity contribution < 1.29 is 0 Å². The van der Waals surface area contributed by atoms with Crippen LogP contribution in [0, 0.1) is 5.92 Å². The number of nitrogens with one attached hydrogen (secondary N) is 1. The highest BCUT2D eigenvalue weighted by atomic mass is 35.5. The van der Waals surface area contributed by atoms with Crippen LogP contribution < -0.4 is 10.2 Å². The number of rotatable bonds is 2. The minimum Gasteiger partial charge on any atom is -0.366 e. The van der Waals surface area contributed by atoms with Crippen molar-refractivity contribution in [3.63, 3.8) is 0 Å². The Morgan fingerprint density at radius 2 is 2.00 bits per heavy atom. The monoisotopic (exact) mass is 292 g/mol. The minimum atomic E-state index is 0.535. The second kappa shape index (κ2) is 6.36. The summed E-state index contributed by atoms with van der Waals surface area (Å²) in [6.45, 7) is 4.49. The van der Waals surface area contributed by atoms with Gasteiger partial charge in [-0.3, -0.25) is 0 Å². The van der Waals surface area contributed by atoms with Crippen LogP contribution in [-0.2, 0) is 0 Å². The van der Waals surface area contributed by atoms with Crippen LogP contribution in [0.4, 0.5) is 5.69 Å². The topological polar surface area (TPSA) is 15.3 Å². The molecule has 2 atom stereocenters. The van der Waals surface area contributed by atoms with Gasteiger partial charge in [0, 0.05) is 35.9 Å². The lowest BCUT2D eigenvalue weighted by molar-refractivity contribution is 0.245. The molecular weight excluding hydrogens is 268 g/mol. The number of nitrogens with zero attached hydrogens (tertiary/aromatic N) is 1. The Labute approximate surface area is 127 Å². The van der Waals surface area contributed by atoms with Gasteiger partial charge in [-0.05, 0) is 43.9 Å². The van der Waals surface area contributed by atoms with E-state index in [1.165, 1.54) is 37.8 Å². The fraction of sp³-hybridized carbons (Fsp3) is 0.647. The molecule has 1 aromatic rings. The second-order valence-electron chi connectivity index (χ2n) is 6.39. The highest BCUT2D eigenvalue weighted by Crippen LogP contribution is 2.30. The van der Waals surface area contributed by atoms with E-state index in [1.54, 1.807) is 0 Å². The van der Waals surface area contributed by atoms with Crippen LogP contribution in [0.3, 0.4) is 0 Å². The first-order chi connectivity index (χ1) is 9.74. The minimum absolute atomic E-state index is 0.535. The summed E-state index contributed by atoms with van der Waals surface area (Å²) in [5, 5.41) is 4.61. The molecule has 3 heteroatoms. The predicted molar refractivity (Wildman–Crippen MR) is 86.6 cm³/mol. The molecule has 1 aromatic carbocycles. The molecule has 0 amide bonds. The van der Waals surface area contributed by atoms with Gasteiger partial charge in [-0.15, -0.1) is 0 Å². The van der Waals surface area contributed by atoms with Crippen LogP contribution in [-0.4, -0.2) is 25.2 Å². The van der Waals surface area contributed by atoms with E-state index in [9.17, 15) is 0 Å². The average Bonchev–Trinajstić information content (AvgIpc) is 2.48. The Balaban J connectivity index is 1.72. The summed E-state index contributed by atoms with van der Waals surface area (Å²) in [5.74, 6) is 0.859. The molecule has 1 aliphatic heterocycles. The van der Waals surface area contributed by atoms with Gasteiger partial charge in [0.1, 0.15) is 0 Å². The van der Waals surface area contributed by atoms with Gasteiger partial charge >= 0.3 is 0 Å². The highest BCUT2D eigenvalue weighted by molar-refractivity contribution is 6.30. The fourth-order valence-electron chi connectivity index (χ4n) is 3.76. The zero-order chi connectivity index (χ0) is 13.9. The van der Waals surface area contributed by atoms with Crippen molar-refractivity contribution in [2.24, 2.45) is 5.92 Å². The molecule has 0 bridgehead atoms. The molecule has 0 radical (unpaired) electrons. The first kappa shape index (κ1) is 14.2. The van der Waals surface area contributed by atoms with Gasteiger partial charge in [-0.1, -0.05) is 36.9 Å². The molecule has 20 heavy (non-hydrogen) atoms. The molecule has 2 fully saturated rings. The number of halogens is 1. The molecule has 2 unspecified atom stereocenters. The van der Waals surface area contributed by atoms with Crippen molar-refractivity contribution in [1.29, 1.82) is 0 Å². The third-order valence-electron chi connectivity index (χ3n) is 4.96. The van der Waals surface area contributed by atoms with Crippen LogP contribution in [0.15, 0.2) is 24.3 Å². The lowest BCUT2D eigenvalue weighted by atomic mass is 9.82. The zero-order valence-electron chi connectivity index (χ0n) is 12.3. The molecule has 1 heterocycles. The molecule has 1 N–H and O–H groups in total. The Morgan fingerprint density at radius 3 is 2.75 bits per heavy atom. The predicted octanol–water partition coefficient (Wildman–Crippen LogP) is 4.09. The van der Waals surface area contributed by atoms with Crippen molar-refractivity contribution in [2.45, 2.75) is 51.1 Å². The van der Waals surface area contributed by atoms with Crippen molar-refractivity contribution in [3.05, 3.63) is 29.3 Å². The first-order valence-electron chi connectivity index (χ1n) is 7.99. The van der Waals surface area contributed by atoms with E-state index in [2.05, 4.69) is 35.3 Å². The molecule has 3 rings (SSSR count). The summed E-state index contributed by atoms with van der Waals surface area (Å²) in [7, 11) is 0. The summed E-state index contributed by atoms with van der Waals surface area (Å²) >= 11 is 6.15. The van der Waals surface area contributed by atoms with E-state index < -0.39 is 0 Å². The normalized spacial score (nSPS) is 28.6. The molecule has 2 nitrogen and oxygen atoms in total. The van der Waals surface area contributed by atoms with Crippen molar-refractivity contribution in [3.8, 4) is 0 Å².